The molecular formula is C62H139BrSi16. The minimum Gasteiger partial charge on any atom is -0.0980 e. The minimum atomic E-state index is -1.85. The van der Waals surface area contributed by atoms with Crippen molar-refractivity contribution in [2.75, 3.05) is 0 Å². The van der Waals surface area contributed by atoms with Crippen molar-refractivity contribution in [2.45, 2.75) is 317 Å². The van der Waals surface area contributed by atoms with Crippen molar-refractivity contribution in [3.63, 3.8) is 0 Å². The van der Waals surface area contributed by atoms with Gasteiger partial charge >= 0.3 is 0 Å². The maximum absolute atomic E-state index is 5.37. The van der Waals surface area contributed by atoms with Crippen molar-refractivity contribution in [1.82, 2.24) is 0 Å². The quantitative estimate of drug-likeness (QED) is 0.0768. The maximum atomic E-state index is 5.37. The van der Waals surface area contributed by atoms with Gasteiger partial charge in [0.2, 0.25) is 0 Å². The lowest BCUT2D eigenvalue weighted by molar-refractivity contribution is 0.993. The van der Waals surface area contributed by atoms with Crippen molar-refractivity contribution >= 4 is 153 Å². The third kappa shape index (κ3) is 15.5. The highest BCUT2D eigenvalue weighted by Crippen LogP contribution is 2.54. The van der Waals surface area contributed by atoms with Crippen LogP contribution in [0.4, 0.5) is 0 Å². The van der Waals surface area contributed by atoms with Crippen LogP contribution >= 0.6 is 15.3 Å². The standard InChI is InChI=1S/C62H139BrSi16/c1-44-64(55-51(57(66(2,3)4)67(5,6)7)45-49(46-52(55)58(68(8,9)10)69(11,12)13)61(74(26,27)28,75(29,30)31)76(32,33)34)65(63)56-53(59(70(14,15)16)71(17,18)19)47-50(48-54(56)60(72(20,21)22)73(23,24)25)62(77(35,36)37,78(38,39)40)79(41,42)43/h45-48,57-60H,44H2,1-43H3/b65-64-. The molecule has 0 amide bonds. The van der Waals surface area contributed by atoms with Crippen LogP contribution in [0, 0.1) is 0 Å². The van der Waals surface area contributed by atoms with Crippen LogP contribution in [0.3, 0.4) is 0 Å². The second-order valence-corrected chi connectivity index (χ2v) is 131. The molecule has 0 aliphatic rings. The molecule has 0 spiro atoms. The van der Waals surface area contributed by atoms with E-state index in [1.807, 2.05) is 43.8 Å². The Bertz CT molecular complexity index is 2260. The lowest BCUT2D eigenvalue weighted by atomic mass is 10.1. The highest BCUT2D eigenvalue weighted by atomic mass is 79.9. The Morgan fingerprint density at radius 3 is 0.570 bits per heavy atom. The first-order valence-electron chi connectivity index (χ1n) is 31.8. The molecule has 0 heterocycles. The number of halogens is 1. The molecule has 0 bridgehead atoms. The van der Waals surface area contributed by atoms with Gasteiger partial charge in [-0.15, -0.1) is 0 Å². The van der Waals surface area contributed by atoms with Crippen LogP contribution < -0.4 is 10.4 Å². The average molecular weight is 1410 g/mol. The van der Waals surface area contributed by atoms with Crippen molar-refractivity contribution in [1.29, 1.82) is 0 Å². The van der Waals surface area contributed by atoms with Crippen LogP contribution in [-0.4, -0.2) is 127 Å². The molecule has 458 valence electrons. The monoisotopic (exact) mass is 1410 g/mol. The van der Waals surface area contributed by atoms with E-state index in [1.165, 1.54) is 6.04 Å². The molecule has 0 unspecified atom stereocenters. The van der Waals surface area contributed by atoms with E-state index >= 15 is 0 Å². The molecule has 2 aromatic carbocycles. The normalized spacial score (nSPS) is 16.1. The lowest BCUT2D eigenvalue weighted by Gasteiger charge is -2.60. The zero-order valence-corrected chi connectivity index (χ0v) is 79.3. The minimum absolute atomic E-state index is 0.315. The third-order valence-electron chi connectivity index (χ3n) is 19.3. The molecule has 0 nitrogen and oxygen atoms in total. The molecule has 2 rings (SSSR count). The predicted molar refractivity (Wildman–Crippen MR) is 424 cm³/mol. The first kappa shape index (κ1) is 77.5. The number of hydrogen-bond donors (Lipinski definition) is 0. The summed E-state index contributed by atoms with van der Waals surface area (Å²) in [6.07, 6.45) is 0. The van der Waals surface area contributed by atoms with Crippen molar-refractivity contribution in [3.05, 3.63) is 57.6 Å². The van der Waals surface area contributed by atoms with Gasteiger partial charge in [-0.05, 0) is 79.0 Å². The average Bonchev–Trinajstić information content (AvgIpc) is 3.04. The van der Waals surface area contributed by atoms with Gasteiger partial charge in [-0.3, -0.25) is 0 Å². The first-order valence-corrected chi connectivity index (χ1v) is 87.9. The molecule has 0 aliphatic carbocycles. The van der Waals surface area contributed by atoms with E-state index < -0.39 is 127 Å². The third-order valence-corrected chi connectivity index (χ3v) is 112. The molecule has 0 saturated heterocycles. The van der Waals surface area contributed by atoms with Gasteiger partial charge in [-0.25, -0.2) is 0 Å². The SMILES string of the molecule is CC/[Si](c1c(C([Si](C)(C)C)[Si](C)(C)C)cc(C([Si](C)(C)C)([Si](C)(C)C)[Si](C)(C)C)cc1C([Si](C)(C)C)[Si](C)(C)C)=[Si](/Br)c1c(C([Si](C)(C)C)[Si](C)(C)C)cc(C([Si](C)(C)C)([Si](C)(C)C)[Si](C)(C)C)cc1C([Si](C)(C)C)[Si](C)(C)C. The van der Waals surface area contributed by atoms with Gasteiger partial charge in [0.15, 0.2) is 0 Å². The van der Waals surface area contributed by atoms with Crippen LogP contribution in [0.5, 0.6) is 0 Å². The van der Waals surface area contributed by atoms with E-state index in [1.54, 1.807) is 0 Å². The Kier molecular flexibility index (Phi) is 23.5. The Hall–Kier alpha value is 2.39. The van der Waals surface area contributed by atoms with Crippen molar-refractivity contribution in [3.8, 4) is 0 Å². The van der Waals surface area contributed by atoms with E-state index in [9.17, 15) is 0 Å². The fourth-order valence-electron chi connectivity index (χ4n) is 22.2. The van der Waals surface area contributed by atoms with E-state index in [2.05, 4.69) is 306 Å². The predicted octanol–water partition coefficient (Wildman–Crippen LogP) is 21.9. The molecule has 0 aromatic heterocycles. The van der Waals surface area contributed by atoms with Gasteiger partial charge in [0, 0.05) is 121 Å². The molecule has 0 radical (unpaired) electrons. The van der Waals surface area contributed by atoms with Gasteiger partial charge in [-0.1, -0.05) is 321 Å². The zero-order valence-electron chi connectivity index (χ0n) is 61.7. The summed E-state index contributed by atoms with van der Waals surface area (Å²) in [6, 6.07) is 13.9. The van der Waals surface area contributed by atoms with Crippen molar-refractivity contribution < 1.29 is 0 Å². The molecule has 0 aliphatic heterocycles. The Morgan fingerprint density at radius 2 is 0.443 bits per heavy atom. The van der Waals surface area contributed by atoms with Gasteiger partial charge in [0.05, 0.1) is 0 Å². The lowest BCUT2D eigenvalue weighted by Crippen LogP contribution is -2.74. The van der Waals surface area contributed by atoms with Gasteiger partial charge in [0.1, 0.15) is 6.51 Å². The van der Waals surface area contributed by atoms with E-state index in [0.29, 0.717) is 29.2 Å². The molecule has 79 heavy (non-hydrogen) atoms. The van der Waals surface area contributed by atoms with Gasteiger partial charge in [-0.2, -0.15) is 0 Å². The van der Waals surface area contributed by atoms with Crippen LogP contribution in [-0.2, 0) is 8.57 Å². The van der Waals surface area contributed by atoms with Gasteiger partial charge in [0.25, 0.3) is 0 Å². The Balaban J connectivity index is 4.43. The topological polar surface area (TPSA) is 0 Å². The zero-order chi connectivity index (χ0) is 63.6. The van der Waals surface area contributed by atoms with Gasteiger partial charge < -0.3 is 0 Å². The van der Waals surface area contributed by atoms with E-state index in [4.69, 9.17) is 15.3 Å². The molecule has 17 heteroatoms. The smallest absolute Gasteiger partial charge is 0.0980 e. The first-order chi connectivity index (χ1) is 34.0. The summed E-state index contributed by atoms with van der Waals surface area (Å²) in [5, 5.41) is 6.71. The van der Waals surface area contributed by atoms with E-state index in [-0.39, 0.29) is 0 Å². The fraction of sp³-hybridized carbons (Fsp3) is 0.806. The molecule has 0 fully saturated rings. The number of hydrogen-bond acceptors (Lipinski definition) is 0. The number of benzene rings is 2. The molecule has 0 N–H and O–H groups in total. The van der Waals surface area contributed by atoms with E-state index in [0.717, 1.165) is 0 Å². The number of rotatable bonds is 23. The summed E-state index contributed by atoms with van der Waals surface area (Å²) in [5.74, 6) is 0. The molecule has 0 atom stereocenters. The highest BCUT2D eigenvalue weighted by Gasteiger charge is 2.63. The molecule has 2 aromatic rings. The van der Waals surface area contributed by atoms with Crippen molar-refractivity contribution in [2.24, 2.45) is 0 Å². The molecule has 0 saturated carbocycles. The van der Waals surface area contributed by atoms with Crippen LogP contribution in [0.2, 0.25) is 281 Å². The highest BCUT2D eigenvalue weighted by molar-refractivity contribution is 9.25. The second-order valence-electron chi connectivity index (χ2n) is 40.9. The van der Waals surface area contributed by atoms with Crippen LogP contribution in [0.15, 0.2) is 24.3 Å². The Morgan fingerprint density at radius 1 is 0.291 bits per heavy atom. The largest absolute Gasteiger partial charge is 0.110 e. The fourth-order valence-corrected chi connectivity index (χ4v) is 147. The summed E-state index contributed by atoms with van der Waals surface area (Å²) >= 11 is 5.37. The Labute approximate surface area is 522 Å². The van der Waals surface area contributed by atoms with Crippen LogP contribution in [0.25, 0.3) is 0 Å². The van der Waals surface area contributed by atoms with Crippen LogP contribution in [0.1, 0.15) is 61.0 Å². The molecular weight excluding hydrogens is 1270 g/mol. The second kappa shape index (κ2) is 24.0. The summed E-state index contributed by atoms with van der Waals surface area (Å²) in [4.78, 5) is 0. The maximum Gasteiger partial charge on any atom is 0.110 e. The summed E-state index contributed by atoms with van der Waals surface area (Å²) in [6.45, 7) is 120. The summed E-state index contributed by atoms with van der Waals surface area (Å²) in [7, 11) is -26.8. The summed E-state index contributed by atoms with van der Waals surface area (Å²) in [5.41, 5.74) is 11.4. The summed E-state index contributed by atoms with van der Waals surface area (Å²) < 4.78 is 0.633.